The Labute approximate surface area is 150 Å². The average Bonchev–Trinajstić information content (AvgIpc) is 3.03. The van der Waals surface area contributed by atoms with Gasteiger partial charge in [0, 0.05) is 16.5 Å². The highest BCUT2D eigenvalue weighted by Gasteiger charge is 2.26. The number of esters is 1. The van der Waals surface area contributed by atoms with Crippen LogP contribution < -0.4 is 0 Å². The van der Waals surface area contributed by atoms with Gasteiger partial charge in [-0.3, -0.25) is 4.98 Å². The monoisotopic (exact) mass is 352 g/mol. The number of carbonyl (C=O) groups excluding carboxylic acids is 1. The summed E-state index contributed by atoms with van der Waals surface area (Å²) >= 11 is 1.57. The minimum Gasteiger partial charge on any atom is -0.456 e. The van der Waals surface area contributed by atoms with Crippen molar-refractivity contribution in [2.75, 3.05) is 0 Å². The number of pyridine rings is 1. The Bertz CT molecular complexity index is 948. The highest BCUT2D eigenvalue weighted by molar-refractivity contribution is 7.09. The van der Waals surface area contributed by atoms with Crippen LogP contribution in [-0.2, 0) is 24.2 Å². The van der Waals surface area contributed by atoms with Gasteiger partial charge >= 0.3 is 5.97 Å². The van der Waals surface area contributed by atoms with Gasteiger partial charge in [0.1, 0.15) is 6.61 Å². The van der Waals surface area contributed by atoms with Gasteiger partial charge in [0.25, 0.3) is 0 Å². The third-order valence-corrected chi connectivity index (χ3v) is 5.55. The van der Waals surface area contributed by atoms with Gasteiger partial charge in [-0.15, -0.1) is 11.3 Å². The van der Waals surface area contributed by atoms with E-state index in [9.17, 15) is 4.79 Å². The van der Waals surface area contributed by atoms with Gasteiger partial charge < -0.3 is 4.74 Å². The van der Waals surface area contributed by atoms with Crippen molar-refractivity contribution in [3.05, 3.63) is 57.2 Å². The van der Waals surface area contributed by atoms with E-state index in [-0.39, 0.29) is 12.6 Å². The Morgan fingerprint density at radius 2 is 2.16 bits per heavy atom. The normalized spacial score (nSPS) is 16.6. The summed E-state index contributed by atoms with van der Waals surface area (Å²) in [6, 6.07) is 7.84. The molecule has 0 spiro atoms. The first-order valence-corrected chi connectivity index (χ1v) is 9.48. The molecule has 0 aliphatic heterocycles. The number of hydrogen-bond acceptors (Lipinski definition) is 5. The molecule has 5 heteroatoms. The van der Waals surface area contributed by atoms with Crippen LogP contribution in [0.3, 0.4) is 0 Å². The van der Waals surface area contributed by atoms with Crippen molar-refractivity contribution in [1.29, 1.82) is 0 Å². The molecule has 4 rings (SSSR count). The Morgan fingerprint density at radius 3 is 2.96 bits per heavy atom. The summed E-state index contributed by atoms with van der Waals surface area (Å²) in [5.41, 5.74) is 4.48. The van der Waals surface area contributed by atoms with Gasteiger partial charge in [-0.25, -0.2) is 9.78 Å². The first-order valence-electron chi connectivity index (χ1n) is 8.60. The van der Waals surface area contributed by atoms with Crippen molar-refractivity contribution in [3.8, 4) is 0 Å². The Morgan fingerprint density at radius 1 is 1.32 bits per heavy atom. The molecule has 1 aromatic carbocycles. The predicted octanol–water partition coefficient (Wildman–Crippen LogP) is 4.48. The molecule has 25 heavy (non-hydrogen) atoms. The van der Waals surface area contributed by atoms with Gasteiger partial charge in [0.2, 0.25) is 0 Å². The fraction of sp³-hybridized carbons (Fsp3) is 0.350. The van der Waals surface area contributed by atoms with E-state index < -0.39 is 0 Å². The Hall–Kier alpha value is -2.27. The zero-order chi connectivity index (χ0) is 17.4. The van der Waals surface area contributed by atoms with Crippen LogP contribution in [-0.4, -0.2) is 15.9 Å². The van der Waals surface area contributed by atoms with Crippen molar-refractivity contribution in [2.45, 2.75) is 39.7 Å². The lowest BCUT2D eigenvalue weighted by molar-refractivity contribution is 0.0468. The summed E-state index contributed by atoms with van der Waals surface area (Å²) in [5, 5.41) is 3.80. The number of nitrogens with zero attached hydrogens (tertiary/aromatic N) is 2. The molecule has 0 fully saturated rings. The number of aryl methyl sites for hydroxylation is 2. The van der Waals surface area contributed by atoms with E-state index in [0.29, 0.717) is 11.5 Å². The summed E-state index contributed by atoms with van der Waals surface area (Å²) in [6.45, 7) is 4.39. The highest BCUT2D eigenvalue weighted by Crippen LogP contribution is 2.32. The van der Waals surface area contributed by atoms with Gasteiger partial charge in [-0.1, -0.05) is 25.1 Å². The number of ether oxygens (including phenoxy) is 1. The van der Waals surface area contributed by atoms with Crippen LogP contribution in [0.25, 0.3) is 10.9 Å². The molecular formula is C20H20N2O2S. The van der Waals surface area contributed by atoms with E-state index in [4.69, 9.17) is 9.72 Å². The van der Waals surface area contributed by atoms with Crippen LogP contribution in [0.5, 0.6) is 0 Å². The lowest BCUT2D eigenvalue weighted by Crippen LogP contribution is -2.19. The molecule has 4 nitrogen and oxygen atoms in total. The summed E-state index contributed by atoms with van der Waals surface area (Å²) in [7, 11) is 0. The number of thiazole rings is 1. The van der Waals surface area contributed by atoms with Crippen molar-refractivity contribution in [1.82, 2.24) is 9.97 Å². The first-order chi connectivity index (χ1) is 12.1. The van der Waals surface area contributed by atoms with E-state index in [1.165, 1.54) is 0 Å². The molecule has 0 unspecified atom stereocenters. The molecule has 0 saturated heterocycles. The van der Waals surface area contributed by atoms with Crippen LogP contribution in [0.2, 0.25) is 0 Å². The van der Waals surface area contributed by atoms with Crippen LogP contribution in [0.1, 0.15) is 45.7 Å². The lowest BCUT2D eigenvalue weighted by atomic mass is 9.84. The van der Waals surface area contributed by atoms with Crippen molar-refractivity contribution < 1.29 is 9.53 Å². The predicted molar refractivity (Wildman–Crippen MR) is 98.9 cm³/mol. The van der Waals surface area contributed by atoms with Crippen LogP contribution in [0.15, 0.2) is 29.6 Å². The van der Waals surface area contributed by atoms with E-state index in [2.05, 4.69) is 11.9 Å². The second-order valence-electron chi connectivity index (χ2n) is 6.71. The highest BCUT2D eigenvalue weighted by atomic mass is 32.1. The van der Waals surface area contributed by atoms with Crippen LogP contribution >= 0.6 is 11.3 Å². The molecule has 0 radical (unpaired) electrons. The fourth-order valence-corrected chi connectivity index (χ4v) is 4.08. The minimum atomic E-state index is -0.269. The number of rotatable bonds is 3. The third kappa shape index (κ3) is 3.16. The zero-order valence-electron chi connectivity index (χ0n) is 14.4. The maximum Gasteiger partial charge on any atom is 0.339 e. The quantitative estimate of drug-likeness (QED) is 0.652. The lowest BCUT2D eigenvalue weighted by Gasteiger charge is -2.24. The van der Waals surface area contributed by atoms with E-state index in [1.54, 1.807) is 11.3 Å². The molecule has 0 N–H and O–H groups in total. The molecule has 2 aromatic heterocycles. The number of carbonyl (C=O) groups is 1. The molecule has 0 amide bonds. The fourth-order valence-electron chi connectivity index (χ4n) is 3.48. The Balaban J connectivity index is 1.73. The topological polar surface area (TPSA) is 52.1 Å². The van der Waals surface area contributed by atoms with Crippen LogP contribution in [0.4, 0.5) is 0 Å². The number of hydrogen-bond donors (Lipinski definition) is 0. The standard InChI is InChI=1S/C20H20N2O2S/c1-12-7-8-18-16(9-12)19(15-5-3-4-6-17(15)22-18)20(23)24-10-14-11-25-13(2)21-14/h3-6,11-12H,7-10H2,1-2H3/t12-/m0/s1. The van der Waals surface area contributed by atoms with Gasteiger partial charge in [-0.05, 0) is 43.7 Å². The molecule has 0 saturated carbocycles. The summed E-state index contributed by atoms with van der Waals surface area (Å²) in [6.07, 6.45) is 2.92. The number of fused-ring (bicyclic) bond motifs is 2. The van der Waals surface area contributed by atoms with Crippen molar-refractivity contribution in [2.24, 2.45) is 5.92 Å². The zero-order valence-corrected chi connectivity index (χ0v) is 15.2. The maximum atomic E-state index is 12.9. The van der Waals surface area contributed by atoms with E-state index in [1.807, 2.05) is 36.6 Å². The number of aromatic nitrogens is 2. The summed E-state index contributed by atoms with van der Waals surface area (Å²) in [4.78, 5) is 22.1. The van der Waals surface area contributed by atoms with Crippen molar-refractivity contribution >= 4 is 28.2 Å². The second kappa shape index (κ2) is 6.56. The number of benzene rings is 1. The molecule has 128 valence electrons. The molecule has 1 aliphatic carbocycles. The van der Waals surface area contributed by atoms with Gasteiger partial charge in [-0.2, -0.15) is 0 Å². The van der Waals surface area contributed by atoms with Gasteiger partial charge in [0.05, 0.1) is 21.8 Å². The van der Waals surface area contributed by atoms with Gasteiger partial charge in [0.15, 0.2) is 0 Å². The maximum absolute atomic E-state index is 12.9. The summed E-state index contributed by atoms with van der Waals surface area (Å²) in [5.74, 6) is 0.290. The van der Waals surface area contributed by atoms with Crippen LogP contribution in [0, 0.1) is 12.8 Å². The third-order valence-electron chi connectivity index (χ3n) is 4.73. The molecular weight excluding hydrogens is 332 g/mol. The smallest absolute Gasteiger partial charge is 0.339 e. The number of para-hydroxylation sites is 1. The summed E-state index contributed by atoms with van der Waals surface area (Å²) < 4.78 is 5.61. The largest absolute Gasteiger partial charge is 0.456 e. The minimum absolute atomic E-state index is 0.212. The second-order valence-corrected chi connectivity index (χ2v) is 7.77. The van der Waals surface area contributed by atoms with E-state index in [0.717, 1.165) is 52.1 Å². The Kier molecular flexibility index (Phi) is 4.25. The molecule has 3 aromatic rings. The molecule has 2 heterocycles. The van der Waals surface area contributed by atoms with Crippen molar-refractivity contribution in [3.63, 3.8) is 0 Å². The molecule has 1 aliphatic rings. The van der Waals surface area contributed by atoms with E-state index >= 15 is 0 Å². The average molecular weight is 352 g/mol. The SMILES string of the molecule is Cc1nc(COC(=O)c2c3c(nc4ccccc24)CC[C@H](C)C3)cs1. The molecule has 0 bridgehead atoms. The molecule has 1 atom stereocenters. The first kappa shape index (κ1) is 16.2.